The molecule has 1 rings (SSSR count). The first-order chi connectivity index (χ1) is 9.60. The lowest BCUT2D eigenvalue weighted by molar-refractivity contribution is 0.0792. The van der Waals surface area contributed by atoms with Crippen molar-refractivity contribution in [2.45, 2.75) is 33.1 Å². The Hall–Kier alpha value is -1.84. The van der Waals surface area contributed by atoms with Crippen LogP contribution in [0.2, 0.25) is 0 Å². The number of carbonyl (C=O) groups excluding carboxylic acids is 2. The van der Waals surface area contributed by atoms with E-state index < -0.39 is 0 Å². The van der Waals surface area contributed by atoms with Crippen LogP contribution in [0.15, 0.2) is 24.3 Å². The SMILES string of the molecule is CCCCN(C)C(=O)c1ccc(C(=O)NCCC)cc1. The Balaban J connectivity index is 2.66. The summed E-state index contributed by atoms with van der Waals surface area (Å²) >= 11 is 0. The predicted octanol–water partition coefficient (Wildman–Crippen LogP) is 2.70. The zero-order chi connectivity index (χ0) is 15.0. The Labute approximate surface area is 121 Å². The zero-order valence-corrected chi connectivity index (χ0v) is 12.6. The van der Waals surface area contributed by atoms with Gasteiger partial charge in [-0.1, -0.05) is 20.3 Å². The molecule has 1 aromatic rings. The molecule has 4 heteroatoms. The van der Waals surface area contributed by atoms with Crippen LogP contribution in [0.5, 0.6) is 0 Å². The van der Waals surface area contributed by atoms with Crippen molar-refractivity contribution < 1.29 is 9.59 Å². The van der Waals surface area contributed by atoms with Crippen LogP contribution in [0.4, 0.5) is 0 Å². The number of rotatable bonds is 7. The fraction of sp³-hybridized carbons (Fsp3) is 0.500. The molecule has 0 bridgehead atoms. The van der Waals surface area contributed by atoms with Crippen LogP contribution in [0.25, 0.3) is 0 Å². The number of unbranched alkanes of at least 4 members (excludes halogenated alkanes) is 1. The van der Waals surface area contributed by atoms with Crippen molar-refractivity contribution in [2.24, 2.45) is 0 Å². The minimum Gasteiger partial charge on any atom is -0.352 e. The van der Waals surface area contributed by atoms with Crippen LogP contribution in [0.3, 0.4) is 0 Å². The van der Waals surface area contributed by atoms with Gasteiger partial charge in [-0.15, -0.1) is 0 Å². The minimum atomic E-state index is -0.0924. The van der Waals surface area contributed by atoms with Crippen LogP contribution in [-0.2, 0) is 0 Å². The van der Waals surface area contributed by atoms with Crippen molar-refractivity contribution in [1.82, 2.24) is 10.2 Å². The van der Waals surface area contributed by atoms with Crippen LogP contribution in [0.1, 0.15) is 53.8 Å². The van der Waals surface area contributed by atoms with Crippen molar-refractivity contribution >= 4 is 11.8 Å². The molecule has 0 spiro atoms. The molecule has 0 aromatic heterocycles. The topological polar surface area (TPSA) is 49.4 Å². The molecule has 0 fully saturated rings. The number of carbonyl (C=O) groups is 2. The Bertz CT molecular complexity index is 440. The van der Waals surface area contributed by atoms with Crippen molar-refractivity contribution in [3.8, 4) is 0 Å². The second-order valence-corrected chi connectivity index (χ2v) is 4.91. The minimum absolute atomic E-state index is 0.000957. The molecule has 0 unspecified atom stereocenters. The summed E-state index contributed by atoms with van der Waals surface area (Å²) in [5.74, 6) is -0.0934. The molecule has 0 radical (unpaired) electrons. The Kier molecular flexibility index (Phi) is 6.77. The second kappa shape index (κ2) is 8.35. The average Bonchev–Trinajstić information content (AvgIpc) is 2.49. The fourth-order valence-corrected chi connectivity index (χ4v) is 1.82. The van der Waals surface area contributed by atoms with Gasteiger partial charge in [0, 0.05) is 31.3 Å². The summed E-state index contributed by atoms with van der Waals surface area (Å²) in [6, 6.07) is 6.83. The van der Waals surface area contributed by atoms with E-state index in [-0.39, 0.29) is 11.8 Å². The van der Waals surface area contributed by atoms with Gasteiger partial charge in [0.05, 0.1) is 0 Å². The van der Waals surface area contributed by atoms with E-state index in [4.69, 9.17) is 0 Å². The van der Waals surface area contributed by atoms with E-state index in [0.717, 1.165) is 25.8 Å². The smallest absolute Gasteiger partial charge is 0.253 e. The zero-order valence-electron chi connectivity index (χ0n) is 12.6. The number of hydrogen-bond acceptors (Lipinski definition) is 2. The first kappa shape index (κ1) is 16.2. The van der Waals surface area contributed by atoms with Crippen LogP contribution < -0.4 is 5.32 Å². The monoisotopic (exact) mass is 276 g/mol. The highest BCUT2D eigenvalue weighted by molar-refractivity contribution is 5.97. The highest BCUT2D eigenvalue weighted by Gasteiger charge is 2.12. The van der Waals surface area contributed by atoms with E-state index in [1.165, 1.54) is 0 Å². The van der Waals surface area contributed by atoms with Gasteiger partial charge in [0.1, 0.15) is 0 Å². The molecule has 2 amide bonds. The van der Waals surface area contributed by atoms with Gasteiger partial charge >= 0.3 is 0 Å². The molecule has 1 N–H and O–H groups in total. The van der Waals surface area contributed by atoms with Gasteiger partial charge in [0.2, 0.25) is 0 Å². The quantitative estimate of drug-likeness (QED) is 0.832. The lowest BCUT2D eigenvalue weighted by Crippen LogP contribution is -2.28. The first-order valence-corrected chi connectivity index (χ1v) is 7.23. The molecule has 0 saturated carbocycles. The maximum Gasteiger partial charge on any atom is 0.253 e. The van der Waals surface area contributed by atoms with Gasteiger partial charge < -0.3 is 10.2 Å². The van der Waals surface area contributed by atoms with Gasteiger partial charge in [-0.2, -0.15) is 0 Å². The molecular weight excluding hydrogens is 252 g/mol. The molecule has 0 aliphatic heterocycles. The van der Waals surface area contributed by atoms with Gasteiger partial charge in [0.25, 0.3) is 11.8 Å². The van der Waals surface area contributed by atoms with E-state index in [9.17, 15) is 9.59 Å². The molecule has 110 valence electrons. The normalized spacial score (nSPS) is 10.2. The van der Waals surface area contributed by atoms with Gasteiger partial charge in [0.15, 0.2) is 0 Å². The summed E-state index contributed by atoms with van der Waals surface area (Å²) in [6.45, 7) is 5.53. The van der Waals surface area contributed by atoms with Gasteiger partial charge in [-0.05, 0) is 37.1 Å². The van der Waals surface area contributed by atoms with Crippen molar-refractivity contribution in [3.05, 3.63) is 35.4 Å². The van der Waals surface area contributed by atoms with Gasteiger partial charge in [-0.25, -0.2) is 0 Å². The van der Waals surface area contributed by atoms with Crippen LogP contribution >= 0.6 is 0 Å². The van der Waals surface area contributed by atoms with E-state index in [2.05, 4.69) is 12.2 Å². The van der Waals surface area contributed by atoms with Gasteiger partial charge in [-0.3, -0.25) is 9.59 Å². The summed E-state index contributed by atoms with van der Waals surface area (Å²) in [7, 11) is 1.81. The molecule has 0 saturated heterocycles. The molecule has 0 atom stereocenters. The van der Waals surface area contributed by atoms with Crippen molar-refractivity contribution in [3.63, 3.8) is 0 Å². The molecule has 1 aromatic carbocycles. The predicted molar refractivity (Wildman–Crippen MR) is 80.9 cm³/mol. The molecule has 0 aliphatic carbocycles. The van der Waals surface area contributed by atoms with E-state index in [1.54, 1.807) is 36.2 Å². The third-order valence-corrected chi connectivity index (χ3v) is 3.12. The Morgan fingerprint density at radius 3 is 2.20 bits per heavy atom. The summed E-state index contributed by atoms with van der Waals surface area (Å²) < 4.78 is 0. The third kappa shape index (κ3) is 4.68. The maximum absolute atomic E-state index is 12.1. The number of hydrogen-bond donors (Lipinski definition) is 1. The molecule has 20 heavy (non-hydrogen) atoms. The highest BCUT2D eigenvalue weighted by atomic mass is 16.2. The van der Waals surface area contributed by atoms with E-state index in [0.29, 0.717) is 17.7 Å². The lowest BCUT2D eigenvalue weighted by atomic mass is 10.1. The van der Waals surface area contributed by atoms with Crippen LogP contribution in [0, 0.1) is 0 Å². The molecular formula is C16H24N2O2. The number of nitrogens with zero attached hydrogens (tertiary/aromatic N) is 1. The highest BCUT2D eigenvalue weighted by Crippen LogP contribution is 2.08. The van der Waals surface area contributed by atoms with E-state index in [1.807, 2.05) is 6.92 Å². The number of amides is 2. The molecule has 0 aliphatic rings. The van der Waals surface area contributed by atoms with Crippen molar-refractivity contribution in [2.75, 3.05) is 20.1 Å². The lowest BCUT2D eigenvalue weighted by Gasteiger charge is -2.16. The first-order valence-electron chi connectivity index (χ1n) is 7.23. The molecule has 4 nitrogen and oxygen atoms in total. The van der Waals surface area contributed by atoms with E-state index >= 15 is 0 Å². The summed E-state index contributed by atoms with van der Waals surface area (Å²) in [5, 5.41) is 2.81. The standard InChI is InChI=1S/C16H24N2O2/c1-4-6-12-18(3)16(20)14-9-7-13(8-10-14)15(19)17-11-5-2/h7-10H,4-6,11-12H2,1-3H3,(H,17,19). The average molecular weight is 276 g/mol. The number of nitrogens with one attached hydrogen (secondary N) is 1. The maximum atomic E-state index is 12.1. The fourth-order valence-electron chi connectivity index (χ4n) is 1.82. The number of benzene rings is 1. The third-order valence-electron chi connectivity index (χ3n) is 3.12. The second-order valence-electron chi connectivity index (χ2n) is 4.91. The van der Waals surface area contributed by atoms with Crippen LogP contribution in [-0.4, -0.2) is 36.9 Å². The summed E-state index contributed by atoms with van der Waals surface area (Å²) in [4.78, 5) is 25.6. The Morgan fingerprint density at radius 1 is 1.05 bits per heavy atom. The molecule has 0 heterocycles. The van der Waals surface area contributed by atoms with Crippen molar-refractivity contribution in [1.29, 1.82) is 0 Å². The summed E-state index contributed by atoms with van der Waals surface area (Å²) in [6.07, 6.45) is 2.97. The largest absolute Gasteiger partial charge is 0.352 e. The summed E-state index contributed by atoms with van der Waals surface area (Å²) in [5.41, 5.74) is 1.21. The Morgan fingerprint density at radius 2 is 1.65 bits per heavy atom.